The number of benzene rings is 1. The molecule has 0 spiro atoms. The number of hydrogen-bond donors (Lipinski definition) is 0. The van der Waals surface area contributed by atoms with Crippen molar-refractivity contribution >= 4 is 27.5 Å². The molecule has 0 saturated heterocycles. The van der Waals surface area contributed by atoms with E-state index in [2.05, 4.69) is 10.1 Å². The highest BCUT2D eigenvalue weighted by atomic mass is 32.1. The van der Waals surface area contributed by atoms with Crippen molar-refractivity contribution in [2.75, 3.05) is 14.2 Å². The summed E-state index contributed by atoms with van der Waals surface area (Å²) in [7, 11) is 5.07. The number of thiazole rings is 1. The third-order valence-corrected chi connectivity index (χ3v) is 5.03. The van der Waals surface area contributed by atoms with Crippen LogP contribution in [0.1, 0.15) is 23.1 Å². The molecular weight excluding hydrogens is 340 g/mol. The number of amides is 1. The maximum atomic E-state index is 12.6. The number of fused-ring (bicyclic) bond motifs is 1. The van der Waals surface area contributed by atoms with Gasteiger partial charge in [-0.3, -0.25) is 9.48 Å². The fourth-order valence-electron chi connectivity index (χ4n) is 2.66. The Hall–Kier alpha value is -2.61. The third-order valence-electron chi connectivity index (χ3n) is 3.93. The number of carbonyl (C=O) groups is 1. The van der Waals surface area contributed by atoms with Crippen molar-refractivity contribution in [3.63, 3.8) is 0 Å². The summed E-state index contributed by atoms with van der Waals surface area (Å²) in [5.74, 6) is 0.985. The number of nitrogens with zero attached hydrogens (tertiary/aromatic N) is 4. The van der Waals surface area contributed by atoms with E-state index in [-0.39, 0.29) is 5.91 Å². The average molecular weight is 360 g/mol. The van der Waals surface area contributed by atoms with Gasteiger partial charge in [0.1, 0.15) is 5.69 Å². The van der Waals surface area contributed by atoms with Crippen molar-refractivity contribution in [3.8, 4) is 11.5 Å². The van der Waals surface area contributed by atoms with Crippen LogP contribution in [0.4, 0.5) is 0 Å². The monoisotopic (exact) mass is 360 g/mol. The van der Waals surface area contributed by atoms with Crippen molar-refractivity contribution < 1.29 is 14.3 Å². The van der Waals surface area contributed by atoms with Crippen LogP contribution in [0.25, 0.3) is 10.2 Å². The molecule has 0 atom stereocenters. The lowest BCUT2D eigenvalue weighted by Crippen LogP contribution is -2.15. The van der Waals surface area contributed by atoms with Gasteiger partial charge in [0.05, 0.1) is 30.1 Å². The van der Waals surface area contributed by atoms with Gasteiger partial charge in [-0.1, -0.05) is 11.3 Å². The first-order valence-electron chi connectivity index (χ1n) is 7.83. The average Bonchev–Trinajstić information content (AvgIpc) is 3.13. The van der Waals surface area contributed by atoms with Crippen molar-refractivity contribution in [1.82, 2.24) is 14.3 Å². The van der Waals surface area contributed by atoms with Crippen LogP contribution < -0.4 is 14.3 Å². The van der Waals surface area contributed by atoms with E-state index in [0.717, 1.165) is 15.9 Å². The minimum atomic E-state index is -0.302. The van der Waals surface area contributed by atoms with E-state index in [9.17, 15) is 4.79 Å². The number of ether oxygens (including phenoxy) is 2. The first kappa shape index (κ1) is 17.2. The Labute approximate surface area is 149 Å². The predicted molar refractivity (Wildman–Crippen MR) is 96.4 cm³/mol. The summed E-state index contributed by atoms with van der Waals surface area (Å²) in [5, 5.41) is 4.30. The molecule has 0 aliphatic heterocycles. The van der Waals surface area contributed by atoms with Gasteiger partial charge < -0.3 is 14.0 Å². The molecule has 2 aromatic heterocycles. The summed E-state index contributed by atoms with van der Waals surface area (Å²) < 4.78 is 15.2. The Kier molecular flexibility index (Phi) is 4.63. The predicted octanol–water partition coefficient (Wildman–Crippen LogP) is 2.52. The summed E-state index contributed by atoms with van der Waals surface area (Å²) in [6.45, 7) is 4.43. The summed E-state index contributed by atoms with van der Waals surface area (Å²) in [5.41, 5.74) is 2.22. The first-order chi connectivity index (χ1) is 12.0. The molecule has 25 heavy (non-hydrogen) atoms. The van der Waals surface area contributed by atoms with Crippen LogP contribution in [-0.2, 0) is 13.6 Å². The molecule has 0 radical (unpaired) electrons. The second-order valence-electron chi connectivity index (χ2n) is 5.52. The van der Waals surface area contributed by atoms with Gasteiger partial charge in [0.2, 0.25) is 0 Å². The topological polar surface area (TPSA) is 70.6 Å². The van der Waals surface area contributed by atoms with Crippen LogP contribution in [0.5, 0.6) is 11.5 Å². The number of carbonyl (C=O) groups excluding carboxylic acids is 1. The lowest BCUT2D eigenvalue weighted by Gasteiger charge is -2.07. The van der Waals surface area contributed by atoms with E-state index < -0.39 is 0 Å². The number of aryl methyl sites for hydroxylation is 3. The quantitative estimate of drug-likeness (QED) is 0.717. The van der Waals surface area contributed by atoms with Gasteiger partial charge in [-0.15, -0.1) is 0 Å². The normalized spacial score (nSPS) is 12.0. The van der Waals surface area contributed by atoms with Crippen molar-refractivity contribution in [2.45, 2.75) is 20.4 Å². The number of methoxy groups -OCH3 is 2. The molecule has 2 heterocycles. The minimum absolute atomic E-state index is 0.302. The van der Waals surface area contributed by atoms with Crippen LogP contribution in [0.3, 0.4) is 0 Å². The van der Waals surface area contributed by atoms with Gasteiger partial charge in [0, 0.05) is 25.7 Å². The molecule has 0 N–H and O–H groups in total. The Morgan fingerprint density at radius 1 is 1.24 bits per heavy atom. The molecule has 0 aliphatic carbocycles. The summed E-state index contributed by atoms with van der Waals surface area (Å²) in [6.07, 6.45) is 0. The Bertz CT molecular complexity index is 1010. The van der Waals surface area contributed by atoms with E-state index >= 15 is 0 Å². The highest BCUT2D eigenvalue weighted by Gasteiger charge is 2.14. The summed E-state index contributed by atoms with van der Waals surface area (Å²) >= 11 is 1.43. The molecule has 0 bridgehead atoms. The molecule has 132 valence electrons. The molecule has 0 unspecified atom stereocenters. The first-order valence-corrected chi connectivity index (χ1v) is 8.65. The van der Waals surface area contributed by atoms with Gasteiger partial charge in [-0.05, 0) is 19.9 Å². The molecule has 1 aromatic carbocycles. The van der Waals surface area contributed by atoms with Gasteiger partial charge in [0.25, 0.3) is 5.91 Å². The third kappa shape index (κ3) is 3.05. The van der Waals surface area contributed by atoms with Crippen LogP contribution >= 0.6 is 11.3 Å². The Balaban J connectivity index is 2.13. The number of rotatable bonds is 4. The van der Waals surface area contributed by atoms with Crippen LogP contribution in [0.2, 0.25) is 0 Å². The van der Waals surface area contributed by atoms with Crippen LogP contribution in [-0.4, -0.2) is 34.5 Å². The molecule has 3 rings (SSSR count). The molecule has 1 amide bonds. The van der Waals surface area contributed by atoms with Gasteiger partial charge in [-0.25, -0.2) is 0 Å². The van der Waals surface area contributed by atoms with E-state index in [1.54, 1.807) is 25.0 Å². The molecule has 0 aliphatic rings. The Morgan fingerprint density at radius 2 is 1.92 bits per heavy atom. The molecular formula is C17H20N4O3S. The minimum Gasteiger partial charge on any atom is -0.493 e. The van der Waals surface area contributed by atoms with E-state index in [0.29, 0.717) is 28.5 Å². The molecule has 8 heteroatoms. The lowest BCUT2D eigenvalue weighted by atomic mass is 10.3. The smallest absolute Gasteiger partial charge is 0.297 e. The van der Waals surface area contributed by atoms with Gasteiger partial charge >= 0.3 is 0 Å². The standard InChI is InChI=1S/C17H20N4O3S/c1-6-21-12(7-10(2)19-21)16(22)18-17-20(3)11-8-13(23-4)14(24-5)9-15(11)25-17/h7-9H,6H2,1-5H3. The van der Waals surface area contributed by atoms with Crippen LogP contribution in [0.15, 0.2) is 23.2 Å². The molecule has 0 fully saturated rings. The lowest BCUT2D eigenvalue weighted by molar-refractivity contribution is 0.0988. The zero-order chi connectivity index (χ0) is 18.1. The zero-order valence-electron chi connectivity index (χ0n) is 14.9. The second kappa shape index (κ2) is 6.72. The fraction of sp³-hybridized carbons (Fsp3) is 0.353. The molecule has 0 saturated carbocycles. The van der Waals surface area contributed by atoms with Crippen molar-refractivity contribution in [1.29, 1.82) is 0 Å². The largest absolute Gasteiger partial charge is 0.493 e. The highest BCUT2D eigenvalue weighted by molar-refractivity contribution is 7.16. The Morgan fingerprint density at radius 3 is 2.56 bits per heavy atom. The van der Waals surface area contributed by atoms with Gasteiger partial charge in [-0.2, -0.15) is 10.1 Å². The van der Waals surface area contributed by atoms with Gasteiger partial charge in [0.15, 0.2) is 16.3 Å². The molecule has 3 aromatic rings. The second-order valence-corrected chi connectivity index (χ2v) is 6.53. The van der Waals surface area contributed by atoms with E-state index in [1.807, 2.05) is 37.6 Å². The zero-order valence-corrected chi connectivity index (χ0v) is 15.7. The fourth-order valence-corrected chi connectivity index (χ4v) is 3.69. The highest BCUT2D eigenvalue weighted by Crippen LogP contribution is 2.33. The molecule has 7 nitrogen and oxygen atoms in total. The summed E-state index contributed by atoms with van der Waals surface area (Å²) in [4.78, 5) is 17.5. The van der Waals surface area contributed by atoms with Crippen LogP contribution in [0, 0.1) is 6.92 Å². The maximum Gasteiger partial charge on any atom is 0.297 e. The SMILES string of the molecule is CCn1nc(C)cc1C(=O)N=c1sc2cc(OC)c(OC)cc2n1C. The van der Waals surface area contributed by atoms with Crippen molar-refractivity contribution in [2.24, 2.45) is 12.0 Å². The number of hydrogen-bond acceptors (Lipinski definition) is 5. The van der Waals surface area contributed by atoms with Crippen molar-refractivity contribution in [3.05, 3.63) is 34.4 Å². The van der Waals surface area contributed by atoms with E-state index in [1.165, 1.54) is 11.3 Å². The van der Waals surface area contributed by atoms with E-state index in [4.69, 9.17) is 9.47 Å². The summed E-state index contributed by atoms with van der Waals surface area (Å²) in [6, 6.07) is 5.53. The number of aromatic nitrogens is 3. The maximum absolute atomic E-state index is 12.6.